The van der Waals surface area contributed by atoms with Crippen molar-refractivity contribution < 1.29 is 8.42 Å². The summed E-state index contributed by atoms with van der Waals surface area (Å²) in [5.74, 6) is 0. The maximum Gasteiger partial charge on any atom is 0.262 e. The van der Waals surface area contributed by atoms with Gasteiger partial charge in [0.05, 0.1) is 28.5 Å². The van der Waals surface area contributed by atoms with Crippen LogP contribution in [0.1, 0.15) is 17.0 Å². The molecule has 0 radical (unpaired) electrons. The first-order valence-corrected chi connectivity index (χ1v) is 11.9. The summed E-state index contributed by atoms with van der Waals surface area (Å²) in [5.41, 5.74) is 3.09. The Morgan fingerprint density at radius 1 is 0.812 bits per heavy atom. The van der Waals surface area contributed by atoms with Gasteiger partial charge in [-0.15, -0.1) is 0 Å². The van der Waals surface area contributed by atoms with Gasteiger partial charge in [0.2, 0.25) is 0 Å². The van der Waals surface area contributed by atoms with Crippen molar-refractivity contribution in [3.05, 3.63) is 102 Å². The Bertz CT molecular complexity index is 1560. The highest BCUT2D eigenvalue weighted by Gasteiger charge is 2.20. The summed E-state index contributed by atoms with van der Waals surface area (Å²) in [4.78, 5) is 0.233. The number of nitrogens with one attached hydrogen (secondary N) is 1. The van der Waals surface area contributed by atoms with Gasteiger partial charge < -0.3 is 0 Å². The van der Waals surface area contributed by atoms with E-state index < -0.39 is 10.0 Å². The van der Waals surface area contributed by atoms with Crippen molar-refractivity contribution in [2.75, 3.05) is 4.72 Å². The van der Waals surface area contributed by atoms with E-state index in [1.165, 1.54) is 10.8 Å². The minimum atomic E-state index is -3.75. The predicted molar refractivity (Wildman–Crippen MR) is 130 cm³/mol. The van der Waals surface area contributed by atoms with Crippen molar-refractivity contribution in [2.24, 2.45) is 0 Å². The van der Waals surface area contributed by atoms with Crippen molar-refractivity contribution in [2.45, 2.75) is 25.3 Å². The van der Waals surface area contributed by atoms with E-state index in [1.807, 2.05) is 67.1 Å². The van der Waals surface area contributed by atoms with Crippen LogP contribution in [0.5, 0.6) is 0 Å². The van der Waals surface area contributed by atoms with Crippen LogP contribution < -0.4 is 4.72 Å². The molecular weight excluding hydrogens is 418 g/mol. The minimum Gasteiger partial charge on any atom is -0.276 e. The van der Waals surface area contributed by atoms with Crippen LogP contribution in [0.15, 0.2) is 89.8 Å². The highest BCUT2D eigenvalue weighted by atomic mass is 32.2. The van der Waals surface area contributed by atoms with Gasteiger partial charge in [-0.3, -0.25) is 9.40 Å². The van der Waals surface area contributed by atoms with Gasteiger partial charge in [0.15, 0.2) is 0 Å². The van der Waals surface area contributed by atoms with Crippen LogP contribution >= 0.6 is 0 Å². The number of aromatic nitrogens is 2. The lowest BCUT2D eigenvalue weighted by atomic mass is 10.0. The second-order valence-corrected chi connectivity index (χ2v) is 9.64. The fourth-order valence-corrected chi connectivity index (χ4v) is 5.33. The van der Waals surface area contributed by atoms with Gasteiger partial charge in [0, 0.05) is 0 Å². The fourth-order valence-electron chi connectivity index (χ4n) is 4.12. The molecule has 5 rings (SSSR count). The summed E-state index contributed by atoms with van der Waals surface area (Å²) in [6, 6.07) is 27.3. The monoisotopic (exact) mass is 441 g/mol. The van der Waals surface area contributed by atoms with Crippen LogP contribution in [-0.2, 0) is 16.6 Å². The first kappa shape index (κ1) is 20.3. The molecule has 0 atom stereocenters. The highest BCUT2D eigenvalue weighted by molar-refractivity contribution is 7.92. The fraction of sp³-hybridized carbons (Fsp3) is 0.115. The van der Waals surface area contributed by atoms with E-state index >= 15 is 0 Å². The van der Waals surface area contributed by atoms with Gasteiger partial charge in [-0.05, 0) is 53.1 Å². The smallest absolute Gasteiger partial charge is 0.262 e. The Balaban J connectivity index is 1.48. The van der Waals surface area contributed by atoms with Crippen LogP contribution in [0, 0.1) is 13.8 Å². The maximum atomic E-state index is 13.1. The van der Waals surface area contributed by atoms with E-state index in [0.29, 0.717) is 17.9 Å². The normalized spacial score (nSPS) is 11.8. The number of fused-ring (bicyclic) bond motifs is 2. The molecule has 4 aromatic carbocycles. The molecule has 5 nitrogen and oxygen atoms in total. The lowest BCUT2D eigenvalue weighted by Gasteiger charge is -2.11. The standard InChI is InChI=1S/C26H23N3O2S/c1-18-26(28-32(30,31)24-15-14-20-8-3-4-10-22(20)16-24)19(2)29(27-18)17-23-12-7-11-21-9-5-6-13-25(21)23/h3-16,28H,17H2,1-2H3. The number of sulfonamides is 1. The molecule has 0 bridgehead atoms. The van der Waals surface area contributed by atoms with Crippen molar-refractivity contribution in [1.82, 2.24) is 9.78 Å². The molecule has 0 aliphatic heterocycles. The molecule has 0 fully saturated rings. The average molecular weight is 442 g/mol. The molecule has 160 valence electrons. The molecular formula is C26H23N3O2S. The molecule has 1 N–H and O–H groups in total. The summed E-state index contributed by atoms with van der Waals surface area (Å²) >= 11 is 0. The van der Waals surface area contributed by atoms with E-state index in [1.54, 1.807) is 12.1 Å². The Morgan fingerprint density at radius 3 is 2.31 bits per heavy atom. The maximum absolute atomic E-state index is 13.1. The molecule has 6 heteroatoms. The number of aryl methyl sites for hydroxylation is 1. The third kappa shape index (κ3) is 3.63. The van der Waals surface area contributed by atoms with E-state index in [2.05, 4.69) is 34.1 Å². The highest BCUT2D eigenvalue weighted by Crippen LogP contribution is 2.27. The number of nitrogens with zero attached hydrogens (tertiary/aromatic N) is 2. The Kier molecular flexibility index (Phi) is 4.94. The predicted octanol–water partition coefficient (Wildman–Crippen LogP) is 5.66. The molecule has 0 spiro atoms. The minimum absolute atomic E-state index is 0.233. The number of hydrogen-bond acceptors (Lipinski definition) is 3. The molecule has 5 aromatic rings. The molecule has 1 aromatic heterocycles. The number of anilines is 1. The van der Waals surface area contributed by atoms with Crippen molar-refractivity contribution >= 4 is 37.3 Å². The number of benzene rings is 4. The van der Waals surface area contributed by atoms with Crippen molar-refractivity contribution in [3.63, 3.8) is 0 Å². The Hall–Kier alpha value is -3.64. The summed E-state index contributed by atoms with van der Waals surface area (Å²) in [6.07, 6.45) is 0. The van der Waals surface area contributed by atoms with Gasteiger partial charge in [-0.2, -0.15) is 5.10 Å². The van der Waals surface area contributed by atoms with Gasteiger partial charge >= 0.3 is 0 Å². The van der Waals surface area contributed by atoms with Gasteiger partial charge in [-0.25, -0.2) is 8.42 Å². The first-order valence-electron chi connectivity index (χ1n) is 10.4. The molecule has 1 heterocycles. The van der Waals surface area contributed by atoms with Crippen molar-refractivity contribution in [3.8, 4) is 0 Å². The summed E-state index contributed by atoms with van der Waals surface area (Å²) in [6.45, 7) is 4.28. The second-order valence-electron chi connectivity index (χ2n) is 7.96. The molecule has 0 aliphatic carbocycles. The van der Waals surface area contributed by atoms with Gasteiger partial charge in [-0.1, -0.05) is 72.8 Å². The van der Waals surface area contributed by atoms with E-state index in [9.17, 15) is 8.42 Å². The van der Waals surface area contributed by atoms with Crippen LogP contribution in [0.4, 0.5) is 5.69 Å². The largest absolute Gasteiger partial charge is 0.276 e. The van der Waals surface area contributed by atoms with E-state index in [0.717, 1.165) is 22.0 Å². The topological polar surface area (TPSA) is 64.0 Å². The van der Waals surface area contributed by atoms with E-state index in [-0.39, 0.29) is 4.90 Å². The lowest BCUT2D eigenvalue weighted by Crippen LogP contribution is -2.14. The SMILES string of the molecule is Cc1nn(Cc2cccc3ccccc23)c(C)c1NS(=O)(=O)c1ccc2ccccc2c1. The molecule has 0 amide bonds. The van der Waals surface area contributed by atoms with Crippen LogP contribution in [-0.4, -0.2) is 18.2 Å². The quantitative estimate of drug-likeness (QED) is 0.383. The van der Waals surface area contributed by atoms with Crippen LogP contribution in [0.25, 0.3) is 21.5 Å². The Morgan fingerprint density at radius 2 is 1.50 bits per heavy atom. The molecule has 0 saturated carbocycles. The van der Waals surface area contributed by atoms with Crippen LogP contribution in [0.2, 0.25) is 0 Å². The van der Waals surface area contributed by atoms with Crippen molar-refractivity contribution in [1.29, 1.82) is 0 Å². The Labute approximate surface area is 187 Å². The zero-order valence-corrected chi connectivity index (χ0v) is 18.7. The third-order valence-electron chi connectivity index (χ3n) is 5.85. The average Bonchev–Trinajstić information content (AvgIpc) is 3.06. The summed E-state index contributed by atoms with van der Waals surface area (Å²) < 4.78 is 30.9. The van der Waals surface area contributed by atoms with Gasteiger partial charge in [0.25, 0.3) is 10.0 Å². The zero-order chi connectivity index (χ0) is 22.3. The summed E-state index contributed by atoms with van der Waals surface area (Å²) in [5, 5.41) is 8.85. The van der Waals surface area contributed by atoms with Crippen LogP contribution in [0.3, 0.4) is 0 Å². The molecule has 0 aliphatic rings. The third-order valence-corrected chi connectivity index (χ3v) is 7.20. The molecule has 0 saturated heterocycles. The summed E-state index contributed by atoms with van der Waals surface area (Å²) in [7, 11) is -3.75. The number of rotatable bonds is 5. The molecule has 0 unspecified atom stereocenters. The lowest BCUT2D eigenvalue weighted by molar-refractivity contribution is 0.601. The molecule has 32 heavy (non-hydrogen) atoms. The van der Waals surface area contributed by atoms with Gasteiger partial charge in [0.1, 0.15) is 0 Å². The van der Waals surface area contributed by atoms with E-state index in [4.69, 9.17) is 0 Å². The second kappa shape index (κ2) is 7.80. The zero-order valence-electron chi connectivity index (χ0n) is 17.9. The number of hydrogen-bond donors (Lipinski definition) is 1. The first-order chi connectivity index (χ1) is 15.4.